The quantitative estimate of drug-likeness (QED) is 0.264. The standard InChI is InChI=1S/C27H24F4N4O2/c1-4-6-8-17-13-19(28)9-10-22(17)34-16-35(23-11-12-24(37-3)33-21(23)7-5-2)26(36)20-14-18(27(29,30)31)15-32-25(20)34/h4-5,9-15H,1-2,6-8,16H2,3H3. The van der Waals surface area contributed by atoms with E-state index < -0.39 is 23.5 Å². The molecule has 0 saturated carbocycles. The summed E-state index contributed by atoms with van der Waals surface area (Å²) >= 11 is 0. The summed E-state index contributed by atoms with van der Waals surface area (Å²) in [6.07, 6.45) is 0.547. The van der Waals surface area contributed by atoms with Crippen LogP contribution < -0.4 is 14.5 Å². The minimum Gasteiger partial charge on any atom is -0.481 e. The minimum atomic E-state index is -4.70. The van der Waals surface area contributed by atoms with Crippen molar-refractivity contribution in [1.29, 1.82) is 0 Å². The normalized spacial score (nSPS) is 13.4. The number of halogens is 4. The van der Waals surface area contributed by atoms with Crippen molar-refractivity contribution in [3.05, 3.63) is 96.1 Å². The number of allylic oxidation sites excluding steroid dienone is 2. The number of amides is 1. The second-order valence-corrected chi connectivity index (χ2v) is 8.31. The average Bonchev–Trinajstić information content (AvgIpc) is 2.88. The molecule has 0 N–H and O–H groups in total. The number of hydrogen-bond acceptors (Lipinski definition) is 5. The Bertz CT molecular complexity index is 1360. The summed E-state index contributed by atoms with van der Waals surface area (Å²) in [4.78, 5) is 25.0. The number of rotatable bonds is 8. The van der Waals surface area contributed by atoms with Gasteiger partial charge in [-0.05, 0) is 48.7 Å². The molecule has 0 unspecified atom stereocenters. The molecule has 4 rings (SSSR count). The molecule has 2 aromatic heterocycles. The van der Waals surface area contributed by atoms with Gasteiger partial charge in [0.2, 0.25) is 5.88 Å². The van der Waals surface area contributed by atoms with E-state index in [0.29, 0.717) is 47.6 Å². The van der Waals surface area contributed by atoms with Crippen LogP contribution in [0.4, 0.5) is 34.8 Å². The molecule has 0 atom stereocenters. The number of fused-ring (bicyclic) bond motifs is 1. The number of methoxy groups -OCH3 is 1. The number of pyridine rings is 2. The maximum atomic E-state index is 14.2. The molecular weight excluding hydrogens is 488 g/mol. The molecule has 1 aliphatic rings. The van der Waals surface area contributed by atoms with Crippen molar-refractivity contribution in [2.75, 3.05) is 23.6 Å². The number of carbonyl (C=O) groups excluding carboxylic acids is 1. The van der Waals surface area contributed by atoms with Crippen molar-refractivity contribution < 1.29 is 27.1 Å². The lowest BCUT2D eigenvalue weighted by Gasteiger charge is -2.38. The Morgan fingerprint density at radius 2 is 1.84 bits per heavy atom. The summed E-state index contributed by atoms with van der Waals surface area (Å²) < 4.78 is 60.0. The van der Waals surface area contributed by atoms with E-state index in [9.17, 15) is 22.4 Å². The molecule has 0 bridgehead atoms. The Labute approximate surface area is 211 Å². The zero-order valence-electron chi connectivity index (χ0n) is 20.1. The van der Waals surface area contributed by atoms with Crippen LogP contribution in [0.1, 0.15) is 33.6 Å². The van der Waals surface area contributed by atoms with Crippen LogP contribution in [0.25, 0.3) is 0 Å². The van der Waals surface area contributed by atoms with Crippen LogP contribution >= 0.6 is 0 Å². The Hall–Kier alpha value is -4.21. The third kappa shape index (κ3) is 5.18. The predicted octanol–water partition coefficient (Wildman–Crippen LogP) is 6.25. The highest BCUT2D eigenvalue weighted by atomic mass is 19.4. The largest absolute Gasteiger partial charge is 0.481 e. The zero-order valence-corrected chi connectivity index (χ0v) is 20.1. The van der Waals surface area contributed by atoms with E-state index in [-0.39, 0.29) is 24.5 Å². The first-order valence-corrected chi connectivity index (χ1v) is 11.4. The highest BCUT2D eigenvalue weighted by molar-refractivity contribution is 6.12. The molecule has 1 amide bonds. The smallest absolute Gasteiger partial charge is 0.417 e. The van der Waals surface area contributed by atoms with Crippen molar-refractivity contribution in [2.45, 2.75) is 25.4 Å². The van der Waals surface area contributed by atoms with Gasteiger partial charge in [-0.3, -0.25) is 9.69 Å². The van der Waals surface area contributed by atoms with Gasteiger partial charge in [-0.2, -0.15) is 13.2 Å². The fraction of sp³-hybridized carbons (Fsp3) is 0.222. The molecule has 0 saturated heterocycles. The Balaban J connectivity index is 1.92. The fourth-order valence-corrected chi connectivity index (χ4v) is 4.17. The van der Waals surface area contributed by atoms with Crippen LogP contribution in [0.5, 0.6) is 5.88 Å². The van der Waals surface area contributed by atoms with Gasteiger partial charge >= 0.3 is 6.18 Å². The van der Waals surface area contributed by atoms with E-state index in [1.54, 1.807) is 29.2 Å². The second-order valence-electron chi connectivity index (χ2n) is 8.31. The number of aromatic nitrogens is 2. The summed E-state index contributed by atoms with van der Waals surface area (Å²) in [7, 11) is 1.45. The van der Waals surface area contributed by atoms with Gasteiger partial charge < -0.3 is 9.64 Å². The highest BCUT2D eigenvalue weighted by Crippen LogP contribution is 2.40. The topological polar surface area (TPSA) is 58.6 Å². The summed E-state index contributed by atoms with van der Waals surface area (Å²) in [5.41, 5.74) is 0.666. The number of hydrogen-bond donors (Lipinski definition) is 0. The van der Waals surface area contributed by atoms with Gasteiger partial charge in [0.15, 0.2) is 0 Å². The first-order chi connectivity index (χ1) is 17.7. The molecule has 3 heterocycles. The molecule has 0 fully saturated rings. The lowest BCUT2D eigenvalue weighted by Crippen LogP contribution is -2.46. The monoisotopic (exact) mass is 512 g/mol. The number of aryl methyl sites for hydroxylation is 1. The van der Waals surface area contributed by atoms with E-state index in [0.717, 1.165) is 6.07 Å². The summed E-state index contributed by atoms with van der Waals surface area (Å²) in [5, 5.41) is 0. The van der Waals surface area contributed by atoms with E-state index in [1.165, 1.54) is 30.2 Å². The summed E-state index contributed by atoms with van der Waals surface area (Å²) in [6, 6.07) is 8.13. The van der Waals surface area contributed by atoms with Crippen molar-refractivity contribution in [3.63, 3.8) is 0 Å². The molecule has 0 aliphatic carbocycles. The van der Waals surface area contributed by atoms with E-state index in [2.05, 4.69) is 23.1 Å². The lowest BCUT2D eigenvalue weighted by atomic mass is 10.0. The van der Waals surface area contributed by atoms with E-state index in [4.69, 9.17) is 4.74 Å². The molecule has 3 aromatic rings. The molecule has 1 aliphatic heterocycles. The van der Waals surface area contributed by atoms with Crippen LogP contribution in [0.3, 0.4) is 0 Å². The average molecular weight is 513 g/mol. The number of nitrogens with zero attached hydrogens (tertiary/aromatic N) is 4. The maximum absolute atomic E-state index is 14.2. The zero-order chi connectivity index (χ0) is 26.7. The van der Waals surface area contributed by atoms with Crippen LogP contribution in [0, 0.1) is 5.82 Å². The lowest BCUT2D eigenvalue weighted by molar-refractivity contribution is -0.137. The summed E-state index contributed by atoms with van der Waals surface area (Å²) in [6.45, 7) is 7.35. The number of benzene rings is 1. The third-order valence-electron chi connectivity index (χ3n) is 5.92. The van der Waals surface area contributed by atoms with Crippen LogP contribution in [-0.2, 0) is 19.0 Å². The summed E-state index contributed by atoms with van der Waals surface area (Å²) in [5.74, 6) is -0.765. The molecule has 0 radical (unpaired) electrons. The highest BCUT2D eigenvalue weighted by Gasteiger charge is 2.38. The van der Waals surface area contributed by atoms with Crippen molar-refractivity contribution in [3.8, 4) is 5.88 Å². The third-order valence-corrected chi connectivity index (χ3v) is 5.92. The van der Waals surface area contributed by atoms with E-state index >= 15 is 0 Å². The van der Waals surface area contributed by atoms with Gasteiger partial charge in [-0.1, -0.05) is 12.2 Å². The van der Waals surface area contributed by atoms with Gasteiger partial charge in [-0.15, -0.1) is 13.2 Å². The van der Waals surface area contributed by atoms with Crippen LogP contribution in [0.15, 0.2) is 67.9 Å². The second kappa shape index (κ2) is 10.4. The molecule has 0 spiro atoms. The van der Waals surface area contributed by atoms with Gasteiger partial charge in [0.05, 0.1) is 29.6 Å². The van der Waals surface area contributed by atoms with Crippen LogP contribution in [0.2, 0.25) is 0 Å². The predicted molar refractivity (Wildman–Crippen MR) is 133 cm³/mol. The number of ether oxygens (including phenoxy) is 1. The Morgan fingerprint density at radius 3 is 2.51 bits per heavy atom. The number of alkyl halides is 3. The molecular formula is C27H24F4N4O2. The van der Waals surface area contributed by atoms with Crippen LogP contribution in [-0.4, -0.2) is 29.7 Å². The molecule has 6 nitrogen and oxygen atoms in total. The molecule has 1 aromatic carbocycles. The number of anilines is 3. The number of carbonyl (C=O) groups is 1. The first-order valence-electron chi connectivity index (χ1n) is 11.4. The van der Waals surface area contributed by atoms with Gasteiger partial charge in [-0.25, -0.2) is 14.4 Å². The van der Waals surface area contributed by atoms with Gasteiger partial charge in [0.25, 0.3) is 5.91 Å². The SMILES string of the molecule is C=CCCc1cc(F)ccc1N1CN(c2ccc(OC)nc2CC=C)C(=O)c2cc(C(F)(F)F)cnc21. The van der Waals surface area contributed by atoms with Crippen molar-refractivity contribution in [2.24, 2.45) is 0 Å². The molecule has 10 heteroatoms. The first kappa shape index (κ1) is 25.9. The van der Waals surface area contributed by atoms with Gasteiger partial charge in [0, 0.05) is 24.4 Å². The maximum Gasteiger partial charge on any atom is 0.417 e. The fourth-order valence-electron chi connectivity index (χ4n) is 4.17. The van der Waals surface area contributed by atoms with E-state index in [1.807, 2.05) is 0 Å². The molecule has 37 heavy (non-hydrogen) atoms. The Morgan fingerprint density at radius 1 is 1.08 bits per heavy atom. The van der Waals surface area contributed by atoms with Crippen molar-refractivity contribution >= 4 is 23.1 Å². The molecule has 192 valence electrons. The Kier molecular flexibility index (Phi) is 7.28. The minimum absolute atomic E-state index is 0.0486. The van der Waals surface area contributed by atoms with Crippen molar-refractivity contribution in [1.82, 2.24) is 9.97 Å². The van der Waals surface area contributed by atoms with Gasteiger partial charge in [0.1, 0.15) is 18.3 Å².